The number of aromatic nitrogens is 2. The maximum Gasteiger partial charge on any atom is 0.207 e. The number of imidazole rings is 1. The highest BCUT2D eigenvalue weighted by Crippen LogP contribution is 2.26. The molecule has 18 heavy (non-hydrogen) atoms. The average molecular weight is 329 g/mol. The summed E-state index contributed by atoms with van der Waals surface area (Å²) in [5.74, 6) is 0.823. The molecule has 0 saturated carbocycles. The van der Waals surface area contributed by atoms with Crippen LogP contribution < -0.4 is 5.32 Å². The van der Waals surface area contributed by atoms with E-state index in [0.29, 0.717) is 5.02 Å². The van der Waals surface area contributed by atoms with Crippen LogP contribution in [-0.4, -0.2) is 16.1 Å². The normalized spacial score (nSPS) is 10.6. The summed E-state index contributed by atoms with van der Waals surface area (Å²) in [5, 5.41) is 4.02. The predicted molar refractivity (Wildman–Crippen MR) is 79.7 cm³/mol. The van der Waals surface area contributed by atoms with Crippen LogP contribution in [0, 0.1) is 0 Å². The van der Waals surface area contributed by atoms with Gasteiger partial charge in [0.25, 0.3) is 0 Å². The highest BCUT2D eigenvalue weighted by Gasteiger charge is 2.08. The van der Waals surface area contributed by atoms with E-state index < -0.39 is 0 Å². The third-order valence-corrected chi connectivity index (χ3v) is 3.43. The fraction of sp³-hybridized carbons (Fsp3) is 0.308. The van der Waals surface area contributed by atoms with Crippen molar-refractivity contribution in [3.8, 4) is 5.69 Å². The summed E-state index contributed by atoms with van der Waals surface area (Å²) in [4.78, 5) is 4.31. The number of rotatable bonds is 5. The third-order valence-electron chi connectivity index (χ3n) is 2.62. The zero-order chi connectivity index (χ0) is 13.0. The minimum absolute atomic E-state index is 0.703. The van der Waals surface area contributed by atoms with Gasteiger partial charge >= 0.3 is 0 Å². The second-order valence-electron chi connectivity index (χ2n) is 4.00. The van der Waals surface area contributed by atoms with Crippen LogP contribution in [0.1, 0.15) is 19.8 Å². The van der Waals surface area contributed by atoms with Crippen molar-refractivity contribution < 1.29 is 0 Å². The zero-order valence-corrected chi connectivity index (χ0v) is 12.5. The van der Waals surface area contributed by atoms with Crippen LogP contribution in [0.2, 0.25) is 5.02 Å². The maximum atomic E-state index is 6.22. The molecule has 0 aliphatic rings. The third kappa shape index (κ3) is 3.06. The molecular weight excluding hydrogens is 314 g/mol. The first-order valence-electron chi connectivity index (χ1n) is 5.95. The van der Waals surface area contributed by atoms with E-state index in [2.05, 4.69) is 33.2 Å². The Morgan fingerprint density at radius 2 is 2.28 bits per heavy atom. The lowest BCUT2D eigenvalue weighted by molar-refractivity contribution is 0.823. The lowest BCUT2D eigenvalue weighted by atomic mass is 10.3. The summed E-state index contributed by atoms with van der Waals surface area (Å²) in [6.07, 6.45) is 5.96. The van der Waals surface area contributed by atoms with Gasteiger partial charge in [0.05, 0.1) is 10.7 Å². The standard InChI is InChI=1S/C13H15BrClN3/c1-2-3-6-16-13-17-7-8-18(13)12-9-10(14)4-5-11(12)15/h4-5,7-9H,2-3,6H2,1H3,(H,16,17). The Bertz CT molecular complexity index is 525. The number of nitrogens with one attached hydrogen (secondary N) is 1. The molecule has 1 heterocycles. The Morgan fingerprint density at radius 3 is 3.06 bits per heavy atom. The number of anilines is 1. The number of hydrogen-bond donors (Lipinski definition) is 1. The lowest BCUT2D eigenvalue weighted by Gasteiger charge is -2.11. The molecule has 0 fully saturated rings. The van der Waals surface area contributed by atoms with Crippen LogP contribution in [0.25, 0.3) is 5.69 Å². The smallest absolute Gasteiger partial charge is 0.207 e. The molecule has 0 atom stereocenters. The highest BCUT2D eigenvalue weighted by atomic mass is 79.9. The topological polar surface area (TPSA) is 29.9 Å². The molecule has 1 N–H and O–H groups in total. The summed E-state index contributed by atoms with van der Waals surface area (Å²) in [6, 6.07) is 5.78. The van der Waals surface area contributed by atoms with E-state index in [0.717, 1.165) is 35.5 Å². The van der Waals surface area contributed by atoms with Gasteiger partial charge in [-0.05, 0) is 24.6 Å². The van der Waals surface area contributed by atoms with Crippen molar-refractivity contribution in [2.24, 2.45) is 0 Å². The van der Waals surface area contributed by atoms with E-state index in [-0.39, 0.29) is 0 Å². The van der Waals surface area contributed by atoms with E-state index >= 15 is 0 Å². The van der Waals surface area contributed by atoms with Crippen LogP contribution in [0.3, 0.4) is 0 Å². The first-order valence-corrected chi connectivity index (χ1v) is 7.12. The number of unbranched alkanes of at least 4 members (excludes halogenated alkanes) is 1. The van der Waals surface area contributed by atoms with Crippen LogP contribution in [-0.2, 0) is 0 Å². The molecule has 2 rings (SSSR count). The van der Waals surface area contributed by atoms with E-state index in [9.17, 15) is 0 Å². The van der Waals surface area contributed by atoms with Crippen LogP contribution in [0.4, 0.5) is 5.95 Å². The Kier molecular flexibility index (Phi) is 4.66. The molecule has 96 valence electrons. The van der Waals surface area contributed by atoms with Gasteiger partial charge in [-0.1, -0.05) is 40.9 Å². The minimum Gasteiger partial charge on any atom is -0.355 e. The molecule has 1 aromatic heterocycles. The van der Waals surface area contributed by atoms with Crippen molar-refractivity contribution in [1.82, 2.24) is 9.55 Å². The van der Waals surface area contributed by atoms with Crippen molar-refractivity contribution in [1.29, 1.82) is 0 Å². The van der Waals surface area contributed by atoms with Gasteiger partial charge in [-0.15, -0.1) is 0 Å². The Morgan fingerprint density at radius 1 is 1.44 bits per heavy atom. The van der Waals surface area contributed by atoms with Crippen molar-refractivity contribution in [3.05, 3.63) is 40.1 Å². The molecule has 0 aliphatic carbocycles. The molecular formula is C13H15BrClN3. The predicted octanol–water partition coefficient (Wildman–Crippen LogP) is 4.50. The van der Waals surface area contributed by atoms with Crippen molar-refractivity contribution in [2.75, 3.05) is 11.9 Å². The molecule has 0 amide bonds. The Balaban J connectivity index is 2.27. The molecule has 0 bridgehead atoms. The Labute approximate surface area is 120 Å². The number of halogens is 2. The molecule has 0 unspecified atom stereocenters. The van der Waals surface area contributed by atoms with E-state index in [1.54, 1.807) is 6.20 Å². The zero-order valence-electron chi connectivity index (χ0n) is 10.2. The van der Waals surface area contributed by atoms with Crippen molar-refractivity contribution in [2.45, 2.75) is 19.8 Å². The quantitative estimate of drug-likeness (QED) is 0.819. The second-order valence-corrected chi connectivity index (χ2v) is 5.32. The summed E-state index contributed by atoms with van der Waals surface area (Å²) in [6.45, 7) is 3.08. The van der Waals surface area contributed by atoms with Gasteiger partial charge < -0.3 is 5.32 Å². The number of hydrogen-bond acceptors (Lipinski definition) is 2. The van der Waals surface area contributed by atoms with Gasteiger partial charge in [0.2, 0.25) is 5.95 Å². The van der Waals surface area contributed by atoms with Gasteiger partial charge in [-0.25, -0.2) is 4.98 Å². The molecule has 0 saturated heterocycles. The summed E-state index contributed by atoms with van der Waals surface area (Å²) < 4.78 is 2.96. The summed E-state index contributed by atoms with van der Waals surface area (Å²) >= 11 is 9.68. The highest BCUT2D eigenvalue weighted by molar-refractivity contribution is 9.10. The lowest BCUT2D eigenvalue weighted by Crippen LogP contribution is -2.07. The first-order chi connectivity index (χ1) is 8.72. The van der Waals surface area contributed by atoms with Crippen molar-refractivity contribution in [3.63, 3.8) is 0 Å². The second kappa shape index (κ2) is 6.25. The summed E-state index contributed by atoms with van der Waals surface area (Å²) in [5.41, 5.74) is 0.919. The first kappa shape index (κ1) is 13.4. The van der Waals surface area contributed by atoms with Crippen molar-refractivity contribution >= 4 is 33.5 Å². The average Bonchev–Trinajstić information content (AvgIpc) is 2.81. The van der Waals surface area contributed by atoms with Crippen LogP contribution in [0.5, 0.6) is 0 Å². The summed E-state index contributed by atoms with van der Waals surface area (Å²) in [7, 11) is 0. The molecule has 5 heteroatoms. The fourth-order valence-electron chi connectivity index (χ4n) is 1.68. The SMILES string of the molecule is CCCCNc1nccn1-c1cc(Br)ccc1Cl. The molecule has 3 nitrogen and oxygen atoms in total. The van der Waals surface area contributed by atoms with E-state index in [4.69, 9.17) is 11.6 Å². The maximum absolute atomic E-state index is 6.22. The monoisotopic (exact) mass is 327 g/mol. The number of benzene rings is 1. The largest absolute Gasteiger partial charge is 0.355 e. The molecule has 2 aromatic rings. The van der Waals surface area contributed by atoms with Gasteiger partial charge in [0.1, 0.15) is 0 Å². The van der Waals surface area contributed by atoms with E-state index in [1.807, 2.05) is 29.0 Å². The van der Waals surface area contributed by atoms with Crippen LogP contribution in [0.15, 0.2) is 35.1 Å². The fourth-order valence-corrected chi connectivity index (χ4v) is 2.23. The van der Waals surface area contributed by atoms with Gasteiger partial charge in [-0.3, -0.25) is 4.57 Å². The number of nitrogens with zero attached hydrogens (tertiary/aromatic N) is 2. The Hall–Kier alpha value is -1.000. The van der Waals surface area contributed by atoms with Gasteiger partial charge in [0, 0.05) is 23.4 Å². The van der Waals surface area contributed by atoms with Gasteiger partial charge in [-0.2, -0.15) is 0 Å². The molecule has 0 spiro atoms. The molecule has 1 aromatic carbocycles. The van der Waals surface area contributed by atoms with E-state index in [1.165, 1.54) is 0 Å². The molecule has 0 radical (unpaired) electrons. The van der Waals surface area contributed by atoms with Crippen LogP contribution >= 0.6 is 27.5 Å². The molecule has 0 aliphatic heterocycles. The van der Waals surface area contributed by atoms with Gasteiger partial charge in [0.15, 0.2) is 0 Å². The minimum atomic E-state index is 0.703.